The zero-order valence-corrected chi connectivity index (χ0v) is 3.60. The highest BCUT2D eigenvalue weighted by molar-refractivity contribution is 4.55. The molecule has 0 aliphatic rings. The molecule has 0 spiro atoms. The van der Waals surface area contributed by atoms with E-state index in [1.807, 2.05) is 0 Å². The van der Waals surface area contributed by atoms with Crippen molar-refractivity contribution in [3.05, 3.63) is 6.29 Å². The second-order valence-corrected chi connectivity index (χ2v) is 0.780. The summed E-state index contributed by atoms with van der Waals surface area (Å²) in [5, 5.41) is 9.83. The predicted molar refractivity (Wildman–Crippen MR) is 19.3 cm³/mol. The van der Waals surface area contributed by atoms with E-state index in [1.165, 1.54) is 7.11 Å². The maximum atomic E-state index is 9.83. The van der Waals surface area contributed by atoms with Crippen LogP contribution < -0.4 is 10.8 Å². The van der Waals surface area contributed by atoms with Crippen LogP contribution in [0.4, 0.5) is 0 Å². The molecule has 0 saturated heterocycles. The van der Waals surface area contributed by atoms with E-state index < -0.39 is 0 Å². The number of hydrogen-bond donors (Lipinski definition) is 1. The summed E-state index contributed by atoms with van der Waals surface area (Å²) in [6, 6.07) is 0. The fraction of sp³-hybridized carbons (Fsp3) is 0.667. The second kappa shape index (κ2) is 3.08. The van der Waals surface area contributed by atoms with Gasteiger partial charge < -0.3 is 15.6 Å². The van der Waals surface area contributed by atoms with Crippen LogP contribution >= 0.6 is 0 Å². The van der Waals surface area contributed by atoms with Crippen LogP contribution in [0.3, 0.4) is 0 Å². The molecule has 0 atom stereocenters. The monoisotopic (exact) mass is 89.0 g/mol. The van der Waals surface area contributed by atoms with Crippen LogP contribution in [-0.4, -0.2) is 13.7 Å². The van der Waals surface area contributed by atoms with Gasteiger partial charge in [0.2, 0.25) is 0 Å². The zero-order valence-electron chi connectivity index (χ0n) is 3.60. The largest absolute Gasteiger partial charge is 0.826 e. The standard InChI is InChI=1S/C3H7NO2/c1-6-3(5)2-4/h2,4H2,1H3/q-1. The zero-order chi connectivity index (χ0) is 4.99. The minimum absolute atomic E-state index is 0.0312. The van der Waals surface area contributed by atoms with E-state index in [0.717, 1.165) is 0 Å². The molecule has 1 radical (unpaired) electrons. The van der Waals surface area contributed by atoms with Crippen LogP contribution in [0.25, 0.3) is 0 Å². The summed E-state index contributed by atoms with van der Waals surface area (Å²) in [7, 11) is 1.30. The van der Waals surface area contributed by atoms with Crippen molar-refractivity contribution in [2.45, 2.75) is 0 Å². The first-order chi connectivity index (χ1) is 2.81. The molecule has 0 amide bonds. The van der Waals surface area contributed by atoms with Crippen LogP contribution in [0.2, 0.25) is 0 Å². The van der Waals surface area contributed by atoms with Crippen LogP contribution in [0.5, 0.6) is 0 Å². The number of methoxy groups -OCH3 is 1. The van der Waals surface area contributed by atoms with Crippen molar-refractivity contribution in [1.29, 1.82) is 0 Å². The lowest BCUT2D eigenvalue weighted by Crippen LogP contribution is -2.25. The Morgan fingerprint density at radius 2 is 2.50 bits per heavy atom. The van der Waals surface area contributed by atoms with Gasteiger partial charge >= 0.3 is 0 Å². The first-order valence-corrected chi connectivity index (χ1v) is 1.58. The molecule has 0 aromatic carbocycles. The third kappa shape index (κ3) is 2.14. The average molecular weight is 89.1 g/mol. The molecule has 6 heavy (non-hydrogen) atoms. The minimum atomic E-state index is -0.380. The van der Waals surface area contributed by atoms with Crippen LogP contribution in [0, 0.1) is 6.29 Å². The molecular weight excluding hydrogens is 82.0 g/mol. The van der Waals surface area contributed by atoms with Gasteiger partial charge in [0.1, 0.15) is 0 Å². The first kappa shape index (κ1) is 5.88. The van der Waals surface area contributed by atoms with Crippen molar-refractivity contribution in [1.82, 2.24) is 0 Å². The molecule has 0 aliphatic carbocycles. The average Bonchev–Trinajstić information content (AvgIpc) is 1.65. The van der Waals surface area contributed by atoms with E-state index in [-0.39, 0.29) is 12.8 Å². The van der Waals surface area contributed by atoms with Crippen LogP contribution in [-0.2, 0) is 4.74 Å². The van der Waals surface area contributed by atoms with Crippen molar-refractivity contribution >= 4 is 0 Å². The molecule has 3 nitrogen and oxygen atoms in total. The summed E-state index contributed by atoms with van der Waals surface area (Å²) in [5.74, 6) is 0. The normalized spacial score (nSPS) is 10.0. The quantitative estimate of drug-likeness (QED) is 0.445. The highest BCUT2D eigenvalue weighted by Gasteiger charge is 1.79. The summed E-state index contributed by atoms with van der Waals surface area (Å²) in [6.07, 6.45) is -0.380. The lowest BCUT2D eigenvalue weighted by Gasteiger charge is -2.14. The Balaban J connectivity index is 2.75. The molecular formula is C3H7NO2-. The topological polar surface area (TPSA) is 58.3 Å². The third-order valence-corrected chi connectivity index (χ3v) is 0.394. The first-order valence-electron chi connectivity index (χ1n) is 1.58. The molecule has 0 rings (SSSR count). The smallest absolute Gasteiger partial charge is 0.0345 e. The Kier molecular flexibility index (Phi) is 3.02. The van der Waals surface area contributed by atoms with Gasteiger partial charge in [0.25, 0.3) is 0 Å². The van der Waals surface area contributed by atoms with Gasteiger partial charge in [-0.05, 0) is 0 Å². The summed E-state index contributed by atoms with van der Waals surface area (Å²) < 4.78 is 4.14. The number of ether oxygens (including phenoxy) is 1. The van der Waals surface area contributed by atoms with Crippen molar-refractivity contribution in [3.63, 3.8) is 0 Å². The number of rotatable bonds is 2. The van der Waals surface area contributed by atoms with E-state index in [1.54, 1.807) is 0 Å². The minimum Gasteiger partial charge on any atom is -0.826 e. The van der Waals surface area contributed by atoms with Gasteiger partial charge in [0, 0.05) is 19.9 Å². The van der Waals surface area contributed by atoms with E-state index in [9.17, 15) is 5.11 Å². The predicted octanol–water partition coefficient (Wildman–Crippen LogP) is -1.56. The van der Waals surface area contributed by atoms with Gasteiger partial charge in [0.15, 0.2) is 0 Å². The maximum Gasteiger partial charge on any atom is 0.0345 e. The third-order valence-electron chi connectivity index (χ3n) is 0.394. The van der Waals surface area contributed by atoms with Crippen LogP contribution in [0.15, 0.2) is 0 Å². The molecule has 0 fully saturated rings. The summed E-state index contributed by atoms with van der Waals surface area (Å²) >= 11 is 0. The Morgan fingerprint density at radius 3 is 2.50 bits per heavy atom. The van der Waals surface area contributed by atoms with Gasteiger partial charge in [-0.25, -0.2) is 0 Å². The molecule has 0 unspecified atom stereocenters. The van der Waals surface area contributed by atoms with Crippen molar-refractivity contribution in [2.75, 3.05) is 13.7 Å². The Bertz CT molecular complexity index is 28.0. The Hall–Kier alpha value is -0.120. The molecule has 0 aromatic heterocycles. The summed E-state index contributed by atoms with van der Waals surface area (Å²) in [4.78, 5) is 0. The van der Waals surface area contributed by atoms with E-state index >= 15 is 0 Å². The highest BCUT2D eigenvalue weighted by atomic mass is 16.6. The van der Waals surface area contributed by atoms with E-state index in [0.29, 0.717) is 0 Å². The molecule has 0 bridgehead atoms. The summed E-state index contributed by atoms with van der Waals surface area (Å²) in [6.45, 7) is -0.0312. The lowest BCUT2D eigenvalue weighted by atomic mass is 10.7. The molecule has 37 valence electrons. The van der Waals surface area contributed by atoms with Gasteiger partial charge in [-0.15, -0.1) is 0 Å². The molecule has 0 saturated carbocycles. The van der Waals surface area contributed by atoms with Crippen LogP contribution in [0.1, 0.15) is 0 Å². The molecule has 0 heterocycles. The molecule has 0 aromatic rings. The van der Waals surface area contributed by atoms with Gasteiger partial charge in [-0.3, -0.25) is 0 Å². The maximum absolute atomic E-state index is 9.83. The molecule has 2 N–H and O–H groups in total. The van der Waals surface area contributed by atoms with Crippen molar-refractivity contribution in [3.8, 4) is 0 Å². The second-order valence-electron chi connectivity index (χ2n) is 0.780. The number of nitrogens with two attached hydrogens (primary N) is 1. The van der Waals surface area contributed by atoms with E-state index in [4.69, 9.17) is 5.73 Å². The SMILES string of the molecule is CO[C]([O-])CN. The number of hydrogen-bond acceptors (Lipinski definition) is 3. The molecule has 3 heteroatoms. The fourth-order valence-corrected chi connectivity index (χ4v) is 0.0833. The fourth-order valence-electron chi connectivity index (χ4n) is 0.0833. The van der Waals surface area contributed by atoms with Crippen molar-refractivity contribution in [2.24, 2.45) is 5.73 Å². The summed E-state index contributed by atoms with van der Waals surface area (Å²) in [5.41, 5.74) is 4.81. The van der Waals surface area contributed by atoms with Gasteiger partial charge in [-0.1, -0.05) is 0 Å². The van der Waals surface area contributed by atoms with Gasteiger partial charge in [0.05, 0.1) is 0 Å². The lowest BCUT2D eigenvalue weighted by molar-refractivity contribution is -0.408. The van der Waals surface area contributed by atoms with Gasteiger partial charge in [-0.2, -0.15) is 0 Å². The highest BCUT2D eigenvalue weighted by Crippen LogP contribution is 1.78. The Labute approximate surface area is 36.7 Å². The Morgan fingerprint density at radius 1 is 2.00 bits per heavy atom. The molecule has 0 aliphatic heterocycles. The van der Waals surface area contributed by atoms with E-state index in [2.05, 4.69) is 4.74 Å². The van der Waals surface area contributed by atoms with Crippen molar-refractivity contribution < 1.29 is 9.84 Å².